The molecule has 3 unspecified atom stereocenters. The molecule has 120 valence electrons. The highest BCUT2D eigenvalue weighted by molar-refractivity contribution is 5.42. The van der Waals surface area contributed by atoms with E-state index in [-0.39, 0.29) is 5.41 Å². The number of rotatable bonds is 1. The Morgan fingerprint density at radius 3 is 2.74 bits per heavy atom. The van der Waals surface area contributed by atoms with E-state index in [1.165, 1.54) is 23.2 Å². The van der Waals surface area contributed by atoms with Gasteiger partial charge in [0.15, 0.2) is 0 Å². The summed E-state index contributed by atoms with van der Waals surface area (Å²) in [4.78, 5) is 4.71. The Morgan fingerprint density at radius 2 is 1.91 bits per heavy atom. The monoisotopic (exact) mass is 307 g/mol. The number of ether oxygens (including phenoxy) is 1. The van der Waals surface area contributed by atoms with Crippen molar-refractivity contribution in [2.45, 2.75) is 63.4 Å². The molecule has 1 aromatic heterocycles. The van der Waals surface area contributed by atoms with E-state index in [4.69, 9.17) is 9.72 Å². The summed E-state index contributed by atoms with van der Waals surface area (Å²) >= 11 is 0. The molecule has 1 fully saturated rings. The molecule has 1 saturated carbocycles. The maximum atomic E-state index is 6.15. The molecular formula is C21H25NO. The number of nitrogens with zero attached hydrogens (tertiary/aromatic N) is 1. The molecular weight excluding hydrogens is 282 g/mol. The lowest BCUT2D eigenvalue weighted by atomic mass is 9.75. The number of benzene rings is 1. The average Bonchev–Trinajstić information content (AvgIpc) is 2.92. The molecule has 4 rings (SSSR count). The summed E-state index contributed by atoms with van der Waals surface area (Å²) in [7, 11) is 0. The first kappa shape index (κ1) is 14.7. The van der Waals surface area contributed by atoms with Gasteiger partial charge in [0.05, 0.1) is 0 Å². The van der Waals surface area contributed by atoms with Gasteiger partial charge < -0.3 is 4.74 Å². The topological polar surface area (TPSA) is 22.1 Å². The molecule has 0 radical (unpaired) electrons. The van der Waals surface area contributed by atoms with E-state index in [0.29, 0.717) is 17.9 Å². The Morgan fingerprint density at radius 1 is 1.09 bits per heavy atom. The predicted octanol–water partition coefficient (Wildman–Crippen LogP) is 5.19. The second-order valence-corrected chi connectivity index (χ2v) is 8.03. The molecule has 23 heavy (non-hydrogen) atoms. The van der Waals surface area contributed by atoms with E-state index >= 15 is 0 Å². The van der Waals surface area contributed by atoms with Gasteiger partial charge in [0, 0.05) is 29.3 Å². The Bertz CT molecular complexity index is 716. The highest BCUT2D eigenvalue weighted by atomic mass is 16.5. The van der Waals surface area contributed by atoms with E-state index in [2.05, 4.69) is 57.2 Å². The molecule has 0 spiro atoms. The van der Waals surface area contributed by atoms with Crippen molar-refractivity contribution in [3.8, 4) is 5.75 Å². The van der Waals surface area contributed by atoms with E-state index < -0.39 is 0 Å². The summed E-state index contributed by atoms with van der Waals surface area (Å²) in [5.41, 5.74) is 4.22. The Hall–Kier alpha value is -1.83. The van der Waals surface area contributed by atoms with Crippen LogP contribution in [0, 0.1) is 0 Å². The molecule has 2 heteroatoms. The quantitative estimate of drug-likeness (QED) is 0.723. The zero-order valence-electron chi connectivity index (χ0n) is 14.3. The van der Waals surface area contributed by atoms with Crippen molar-refractivity contribution in [1.82, 2.24) is 4.98 Å². The molecule has 2 aromatic rings. The van der Waals surface area contributed by atoms with E-state index in [1.807, 2.05) is 6.20 Å². The minimum Gasteiger partial charge on any atom is -0.489 e. The lowest BCUT2D eigenvalue weighted by Gasteiger charge is -2.31. The summed E-state index contributed by atoms with van der Waals surface area (Å²) < 4.78 is 6.15. The Balaban J connectivity index is 1.61. The molecule has 2 aliphatic rings. The summed E-state index contributed by atoms with van der Waals surface area (Å²) in [6.07, 6.45) is 5.82. The van der Waals surface area contributed by atoms with E-state index in [0.717, 1.165) is 18.6 Å². The molecule has 0 saturated heterocycles. The van der Waals surface area contributed by atoms with Crippen LogP contribution in [0.15, 0.2) is 42.6 Å². The number of hydrogen-bond acceptors (Lipinski definition) is 2. The first-order valence-corrected chi connectivity index (χ1v) is 8.74. The fourth-order valence-electron chi connectivity index (χ4n) is 4.08. The van der Waals surface area contributed by atoms with Gasteiger partial charge in [-0.25, -0.2) is 0 Å². The smallest absolute Gasteiger partial charge is 0.123 e. The molecule has 1 aliphatic carbocycles. The first-order valence-electron chi connectivity index (χ1n) is 8.74. The summed E-state index contributed by atoms with van der Waals surface area (Å²) in [5.74, 6) is 2.18. The predicted molar refractivity (Wildman–Crippen MR) is 93.1 cm³/mol. The van der Waals surface area contributed by atoms with Gasteiger partial charge in [-0.15, -0.1) is 0 Å². The standard InChI is InChI=1S/C21H25NO/c1-21(2,3)15-10-11-22-18(13-15)14-8-9-20-17(12-14)16-6-4-5-7-19(16)23-20/h4-7,10-11,13-14,17,20H,8-9,12H2,1-3H3. The van der Waals surface area contributed by atoms with Crippen LogP contribution in [0.25, 0.3) is 0 Å². The van der Waals surface area contributed by atoms with Crippen molar-refractivity contribution >= 4 is 0 Å². The zero-order chi connectivity index (χ0) is 16.0. The second kappa shape index (κ2) is 5.36. The largest absolute Gasteiger partial charge is 0.489 e. The molecule has 1 aromatic carbocycles. The van der Waals surface area contributed by atoms with Gasteiger partial charge in [-0.05, 0) is 48.4 Å². The van der Waals surface area contributed by atoms with E-state index in [9.17, 15) is 0 Å². The van der Waals surface area contributed by atoms with Crippen LogP contribution in [-0.4, -0.2) is 11.1 Å². The number of fused-ring (bicyclic) bond motifs is 3. The van der Waals surface area contributed by atoms with Crippen LogP contribution in [-0.2, 0) is 5.41 Å². The van der Waals surface area contributed by atoms with Gasteiger partial charge in [-0.3, -0.25) is 4.98 Å². The second-order valence-electron chi connectivity index (χ2n) is 8.03. The van der Waals surface area contributed by atoms with Gasteiger partial charge in [-0.2, -0.15) is 0 Å². The van der Waals surface area contributed by atoms with Crippen molar-refractivity contribution in [3.05, 3.63) is 59.4 Å². The normalized spacial score (nSPS) is 26.3. The van der Waals surface area contributed by atoms with Crippen LogP contribution in [0.3, 0.4) is 0 Å². The van der Waals surface area contributed by atoms with Gasteiger partial charge >= 0.3 is 0 Å². The summed E-state index contributed by atoms with van der Waals surface area (Å²) in [6, 6.07) is 13.0. The number of hydrogen-bond donors (Lipinski definition) is 0. The van der Waals surface area contributed by atoms with Gasteiger partial charge in [0.25, 0.3) is 0 Å². The van der Waals surface area contributed by atoms with Crippen LogP contribution >= 0.6 is 0 Å². The van der Waals surface area contributed by atoms with E-state index in [1.54, 1.807) is 0 Å². The van der Waals surface area contributed by atoms with Crippen molar-refractivity contribution in [1.29, 1.82) is 0 Å². The Kier molecular flexibility index (Phi) is 3.44. The van der Waals surface area contributed by atoms with Crippen molar-refractivity contribution in [2.24, 2.45) is 0 Å². The van der Waals surface area contributed by atoms with Crippen LogP contribution < -0.4 is 4.74 Å². The molecule has 1 aliphatic heterocycles. The third kappa shape index (κ3) is 2.65. The van der Waals surface area contributed by atoms with Crippen LogP contribution in [0.2, 0.25) is 0 Å². The van der Waals surface area contributed by atoms with Crippen molar-refractivity contribution < 1.29 is 4.74 Å². The highest BCUT2D eigenvalue weighted by Gasteiger charge is 2.40. The third-order valence-electron chi connectivity index (χ3n) is 5.45. The van der Waals surface area contributed by atoms with Crippen molar-refractivity contribution in [2.75, 3.05) is 0 Å². The van der Waals surface area contributed by atoms with Crippen molar-refractivity contribution in [3.63, 3.8) is 0 Å². The maximum absolute atomic E-state index is 6.15. The lowest BCUT2D eigenvalue weighted by Crippen LogP contribution is -2.27. The summed E-state index contributed by atoms with van der Waals surface area (Å²) in [6.45, 7) is 6.80. The number of para-hydroxylation sites is 1. The molecule has 0 amide bonds. The zero-order valence-corrected chi connectivity index (χ0v) is 14.3. The lowest BCUT2D eigenvalue weighted by molar-refractivity contribution is 0.153. The third-order valence-corrected chi connectivity index (χ3v) is 5.45. The molecule has 0 N–H and O–H groups in total. The van der Waals surface area contributed by atoms with Crippen LogP contribution in [0.4, 0.5) is 0 Å². The summed E-state index contributed by atoms with van der Waals surface area (Å²) in [5, 5.41) is 0. The maximum Gasteiger partial charge on any atom is 0.123 e. The fraction of sp³-hybridized carbons (Fsp3) is 0.476. The van der Waals surface area contributed by atoms with Gasteiger partial charge in [0.2, 0.25) is 0 Å². The first-order chi connectivity index (χ1) is 11.0. The minimum atomic E-state index is 0.179. The molecule has 0 bridgehead atoms. The van der Waals surface area contributed by atoms with Crippen LogP contribution in [0.5, 0.6) is 5.75 Å². The number of pyridine rings is 1. The minimum absolute atomic E-state index is 0.179. The Labute approximate surface area is 138 Å². The van der Waals surface area contributed by atoms with Gasteiger partial charge in [0.1, 0.15) is 11.9 Å². The molecule has 2 heterocycles. The number of aromatic nitrogens is 1. The highest BCUT2D eigenvalue weighted by Crippen LogP contribution is 2.49. The molecule has 2 nitrogen and oxygen atoms in total. The van der Waals surface area contributed by atoms with Crippen LogP contribution in [0.1, 0.15) is 68.7 Å². The average molecular weight is 307 g/mol. The van der Waals surface area contributed by atoms with Gasteiger partial charge in [-0.1, -0.05) is 39.0 Å². The fourth-order valence-corrected chi connectivity index (χ4v) is 4.08. The molecule has 3 atom stereocenters. The SMILES string of the molecule is CC(C)(C)c1ccnc(C2CCC3Oc4ccccc4C3C2)c1.